The predicted molar refractivity (Wildman–Crippen MR) is 85.4 cm³/mol. The van der Waals surface area contributed by atoms with Crippen LogP contribution in [0.5, 0.6) is 0 Å². The lowest BCUT2D eigenvalue weighted by atomic mass is 10.1. The summed E-state index contributed by atoms with van der Waals surface area (Å²) in [4.78, 5) is 12.4. The number of sulfone groups is 1. The molecule has 1 aliphatic rings. The number of halogens is 1. The number of rotatable bonds is 4. The molecule has 2 atom stereocenters. The summed E-state index contributed by atoms with van der Waals surface area (Å²) in [6.07, 6.45) is 1.84. The number of carbonyl (C=O) groups excluding carboxylic acids is 1. The van der Waals surface area contributed by atoms with Crippen LogP contribution in [0.1, 0.15) is 17.9 Å². The van der Waals surface area contributed by atoms with E-state index in [1.54, 1.807) is 24.3 Å². The van der Waals surface area contributed by atoms with Gasteiger partial charge in [0.1, 0.15) is 5.82 Å². The zero-order valence-corrected chi connectivity index (χ0v) is 13.3. The van der Waals surface area contributed by atoms with Crippen molar-refractivity contribution in [3.05, 3.63) is 59.9 Å². The molecule has 0 radical (unpaired) electrons. The van der Waals surface area contributed by atoms with E-state index >= 15 is 0 Å². The minimum atomic E-state index is -3.31. The second-order valence-corrected chi connectivity index (χ2v) is 7.81. The quantitative estimate of drug-likeness (QED) is 0.935. The maximum Gasteiger partial charge on any atom is 0.228 e. The third kappa shape index (κ3) is 3.59. The molecule has 1 fully saturated rings. The fourth-order valence-corrected chi connectivity index (χ4v) is 3.27. The van der Waals surface area contributed by atoms with E-state index < -0.39 is 9.84 Å². The Morgan fingerprint density at radius 2 is 1.87 bits per heavy atom. The first-order valence-corrected chi connectivity index (χ1v) is 9.10. The Bertz CT molecular complexity index is 846. The number of amides is 1. The maximum atomic E-state index is 12.9. The van der Waals surface area contributed by atoms with Crippen molar-refractivity contribution in [3.63, 3.8) is 0 Å². The highest BCUT2D eigenvalue weighted by Gasteiger charge is 2.43. The molecular formula is C17H16FNO3S. The number of anilines is 1. The molecule has 6 heteroatoms. The van der Waals surface area contributed by atoms with Crippen LogP contribution in [0, 0.1) is 11.7 Å². The van der Waals surface area contributed by atoms with Crippen molar-refractivity contribution < 1.29 is 17.6 Å². The zero-order chi connectivity index (χ0) is 16.6. The molecule has 120 valence electrons. The molecule has 0 bridgehead atoms. The van der Waals surface area contributed by atoms with E-state index in [2.05, 4.69) is 5.32 Å². The number of nitrogens with one attached hydrogen (secondary N) is 1. The predicted octanol–water partition coefficient (Wildman–Crippen LogP) is 2.97. The van der Waals surface area contributed by atoms with Crippen LogP contribution in [-0.4, -0.2) is 20.6 Å². The van der Waals surface area contributed by atoms with Gasteiger partial charge in [-0.15, -0.1) is 0 Å². The summed E-state index contributed by atoms with van der Waals surface area (Å²) in [5.74, 6) is -0.519. The van der Waals surface area contributed by atoms with Gasteiger partial charge in [0.05, 0.1) is 4.90 Å². The molecule has 1 amide bonds. The summed E-state index contributed by atoms with van der Waals surface area (Å²) in [6.45, 7) is 0. The number of hydrogen-bond donors (Lipinski definition) is 1. The van der Waals surface area contributed by atoms with Gasteiger partial charge in [0, 0.05) is 17.9 Å². The zero-order valence-electron chi connectivity index (χ0n) is 12.5. The molecule has 0 spiro atoms. The van der Waals surface area contributed by atoms with Crippen LogP contribution in [-0.2, 0) is 14.6 Å². The molecule has 0 aromatic heterocycles. The summed E-state index contributed by atoms with van der Waals surface area (Å²) in [7, 11) is -3.31. The molecule has 1 aliphatic carbocycles. The van der Waals surface area contributed by atoms with E-state index in [0.29, 0.717) is 12.1 Å². The molecule has 2 aromatic carbocycles. The van der Waals surface area contributed by atoms with Gasteiger partial charge >= 0.3 is 0 Å². The van der Waals surface area contributed by atoms with Gasteiger partial charge in [0.2, 0.25) is 5.91 Å². The van der Waals surface area contributed by atoms with Gasteiger partial charge in [0.15, 0.2) is 9.84 Å². The smallest absolute Gasteiger partial charge is 0.228 e. The van der Waals surface area contributed by atoms with Crippen molar-refractivity contribution in [2.75, 3.05) is 11.6 Å². The Morgan fingerprint density at radius 1 is 1.17 bits per heavy atom. The lowest BCUT2D eigenvalue weighted by Gasteiger charge is -2.07. The van der Waals surface area contributed by atoms with Crippen molar-refractivity contribution in [2.45, 2.75) is 17.2 Å². The molecule has 2 unspecified atom stereocenters. The molecule has 0 saturated heterocycles. The molecule has 23 heavy (non-hydrogen) atoms. The average molecular weight is 333 g/mol. The molecule has 1 saturated carbocycles. The maximum absolute atomic E-state index is 12.9. The number of carbonyl (C=O) groups is 1. The van der Waals surface area contributed by atoms with Crippen molar-refractivity contribution >= 4 is 21.4 Å². The minimum absolute atomic E-state index is 0.0914. The number of benzene rings is 2. The lowest BCUT2D eigenvalue weighted by Crippen LogP contribution is -2.14. The third-order valence-electron chi connectivity index (χ3n) is 3.96. The number of hydrogen-bond acceptors (Lipinski definition) is 3. The lowest BCUT2D eigenvalue weighted by molar-refractivity contribution is -0.117. The SMILES string of the molecule is CS(=O)(=O)c1cccc(NC(=O)C2CC2c2ccc(F)cc2)c1. The van der Waals surface area contributed by atoms with E-state index in [-0.39, 0.29) is 28.5 Å². The summed E-state index contributed by atoms with van der Waals surface area (Å²) in [5, 5.41) is 2.75. The Balaban J connectivity index is 1.68. The Hall–Kier alpha value is -2.21. The van der Waals surface area contributed by atoms with Gasteiger partial charge < -0.3 is 5.32 Å². The van der Waals surface area contributed by atoms with Gasteiger partial charge in [-0.1, -0.05) is 18.2 Å². The van der Waals surface area contributed by atoms with Crippen LogP contribution in [0.3, 0.4) is 0 Å². The van der Waals surface area contributed by atoms with Crippen LogP contribution in [0.25, 0.3) is 0 Å². The molecule has 0 heterocycles. The Labute approximate surface area is 134 Å². The monoisotopic (exact) mass is 333 g/mol. The highest BCUT2D eigenvalue weighted by atomic mass is 32.2. The highest BCUT2D eigenvalue weighted by Crippen LogP contribution is 2.48. The second kappa shape index (κ2) is 5.77. The van der Waals surface area contributed by atoms with E-state index in [4.69, 9.17) is 0 Å². The molecular weight excluding hydrogens is 317 g/mol. The van der Waals surface area contributed by atoms with Crippen molar-refractivity contribution in [1.29, 1.82) is 0 Å². The van der Waals surface area contributed by atoms with E-state index in [1.165, 1.54) is 24.3 Å². The molecule has 0 aliphatic heterocycles. The fraction of sp³-hybridized carbons (Fsp3) is 0.235. The molecule has 2 aromatic rings. The minimum Gasteiger partial charge on any atom is -0.326 e. The topological polar surface area (TPSA) is 63.2 Å². The van der Waals surface area contributed by atoms with E-state index in [0.717, 1.165) is 11.8 Å². The van der Waals surface area contributed by atoms with Gasteiger partial charge in [-0.3, -0.25) is 4.79 Å². The summed E-state index contributed by atoms with van der Waals surface area (Å²) in [5.41, 5.74) is 1.40. The van der Waals surface area contributed by atoms with Gasteiger partial charge in [-0.2, -0.15) is 0 Å². The standard InChI is InChI=1S/C17H16FNO3S/c1-23(21,22)14-4-2-3-13(9-14)19-17(20)16-10-15(16)11-5-7-12(18)8-6-11/h2-9,15-16H,10H2,1H3,(H,19,20). The Morgan fingerprint density at radius 3 is 2.52 bits per heavy atom. The van der Waals surface area contributed by atoms with Gasteiger partial charge in [0.25, 0.3) is 0 Å². The first-order valence-electron chi connectivity index (χ1n) is 7.21. The highest BCUT2D eigenvalue weighted by molar-refractivity contribution is 7.90. The second-order valence-electron chi connectivity index (χ2n) is 5.79. The van der Waals surface area contributed by atoms with Crippen LogP contribution in [0.2, 0.25) is 0 Å². The normalized spacial score (nSPS) is 20.1. The molecule has 3 rings (SSSR count). The summed E-state index contributed by atoms with van der Waals surface area (Å²) >= 11 is 0. The van der Waals surface area contributed by atoms with Crippen LogP contribution < -0.4 is 5.32 Å². The largest absolute Gasteiger partial charge is 0.326 e. The van der Waals surface area contributed by atoms with E-state index in [9.17, 15) is 17.6 Å². The van der Waals surface area contributed by atoms with Crippen LogP contribution >= 0.6 is 0 Å². The summed E-state index contributed by atoms with van der Waals surface area (Å²) in [6, 6.07) is 12.3. The van der Waals surface area contributed by atoms with Crippen molar-refractivity contribution in [1.82, 2.24) is 0 Å². The van der Waals surface area contributed by atoms with Crippen molar-refractivity contribution in [3.8, 4) is 0 Å². The Kier molecular flexibility index (Phi) is 3.93. The van der Waals surface area contributed by atoms with Crippen molar-refractivity contribution in [2.24, 2.45) is 5.92 Å². The van der Waals surface area contributed by atoms with Gasteiger partial charge in [-0.05, 0) is 48.2 Å². The fourth-order valence-electron chi connectivity index (χ4n) is 2.60. The van der Waals surface area contributed by atoms with Gasteiger partial charge in [-0.25, -0.2) is 12.8 Å². The average Bonchev–Trinajstić information content (AvgIpc) is 3.28. The van der Waals surface area contributed by atoms with E-state index in [1.807, 2.05) is 0 Å². The first-order chi connectivity index (χ1) is 10.8. The third-order valence-corrected chi connectivity index (χ3v) is 5.07. The van der Waals surface area contributed by atoms with Crippen LogP contribution in [0.4, 0.5) is 10.1 Å². The first kappa shape index (κ1) is 15.7. The van der Waals surface area contributed by atoms with Crippen LogP contribution in [0.15, 0.2) is 53.4 Å². The molecule has 4 nitrogen and oxygen atoms in total. The summed E-state index contributed by atoms with van der Waals surface area (Å²) < 4.78 is 36.0. The molecule has 1 N–H and O–H groups in total.